The monoisotopic (exact) mass is 371 g/mol. The number of ether oxygens (including phenoxy) is 1. The number of allylic oxidation sites excluding steroid dienone is 1. The van der Waals surface area contributed by atoms with Gasteiger partial charge in [0, 0.05) is 11.0 Å². The first-order chi connectivity index (χ1) is 11.2. The van der Waals surface area contributed by atoms with Crippen LogP contribution >= 0.6 is 15.9 Å². The Hall–Kier alpha value is -2.07. The van der Waals surface area contributed by atoms with Gasteiger partial charge in [-0.3, -0.25) is 4.79 Å². The normalized spacial score (nSPS) is 20.6. The maximum atomic E-state index is 12.5. The molecule has 1 heterocycles. The Balaban J connectivity index is 1.75. The van der Waals surface area contributed by atoms with Crippen LogP contribution < -0.4 is 4.74 Å². The lowest BCUT2D eigenvalue weighted by atomic mass is 9.96. The van der Waals surface area contributed by atoms with E-state index in [9.17, 15) is 4.79 Å². The zero-order valence-electron chi connectivity index (χ0n) is 12.9. The van der Waals surface area contributed by atoms with Crippen molar-refractivity contribution in [3.05, 3.63) is 76.8 Å². The maximum absolute atomic E-state index is 12.5. The van der Waals surface area contributed by atoms with Crippen LogP contribution in [-0.2, 0) is 11.3 Å². The number of nitrogens with zero attached hydrogens (tertiary/aromatic N) is 1. The molecule has 1 aliphatic heterocycles. The molecule has 0 unspecified atom stereocenters. The molecule has 23 heavy (non-hydrogen) atoms. The second-order valence-electron chi connectivity index (χ2n) is 5.43. The molecule has 4 heteroatoms. The summed E-state index contributed by atoms with van der Waals surface area (Å²) >= 11 is 3.54. The van der Waals surface area contributed by atoms with Crippen LogP contribution in [0.1, 0.15) is 12.5 Å². The van der Waals surface area contributed by atoms with E-state index in [2.05, 4.69) is 15.9 Å². The van der Waals surface area contributed by atoms with Crippen molar-refractivity contribution < 1.29 is 9.53 Å². The van der Waals surface area contributed by atoms with Crippen LogP contribution in [0.5, 0.6) is 5.75 Å². The van der Waals surface area contributed by atoms with E-state index in [1.54, 1.807) is 0 Å². The first-order valence-corrected chi connectivity index (χ1v) is 8.38. The number of carbonyl (C=O) groups is 1. The number of rotatable bonds is 5. The number of hydrogen-bond acceptors (Lipinski definition) is 2. The zero-order chi connectivity index (χ0) is 16.2. The molecule has 3 rings (SSSR count). The van der Waals surface area contributed by atoms with Gasteiger partial charge in [0.1, 0.15) is 5.75 Å². The van der Waals surface area contributed by atoms with Gasteiger partial charge in [-0.2, -0.15) is 0 Å². The Morgan fingerprint density at radius 3 is 2.52 bits per heavy atom. The zero-order valence-corrected chi connectivity index (χ0v) is 14.4. The predicted octanol–water partition coefficient (Wildman–Crippen LogP) is 4.18. The van der Waals surface area contributed by atoms with Gasteiger partial charge < -0.3 is 9.64 Å². The molecule has 0 aliphatic carbocycles. The number of β-lactam (4-membered cyclic amide) rings is 1. The molecule has 1 fully saturated rings. The average molecular weight is 372 g/mol. The number of carbonyl (C=O) groups excluding carboxylic acids is 1. The van der Waals surface area contributed by atoms with Gasteiger partial charge in [-0.25, -0.2) is 0 Å². The van der Waals surface area contributed by atoms with E-state index in [0.717, 1.165) is 15.8 Å². The second kappa shape index (κ2) is 7.01. The highest BCUT2D eigenvalue weighted by molar-refractivity contribution is 9.10. The summed E-state index contributed by atoms with van der Waals surface area (Å²) in [6, 6.07) is 17.4. The Labute approximate surface area is 144 Å². The molecule has 1 amide bonds. The topological polar surface area (TPSA) is 29.5 Å². The average Bonchev–Trinajstić information content (AvgIpc) is 2.59. The Morgan fingerprint density at radius 1 is 1.13 bits per heavy atom. The van der Waals surface area contributed by atoms with Crippen LogP contribution in [-0.4, -0.2) is 23.0 Å². The predicted molar refractivity (Wildman–Crippen MR) is 94.2 cm³/mol. The minimum absolute atomic E-state index is 0.0210. The lowest BCUT2D eigenvalue weighted by molar-refractivity contribution is -0.160. The van der Waals surface area contributed by atoms with Gasteiger partial charge in [-0.15, -0.1) is 0 Å². The van der Waals surface area contributed by atoms with E-state index in [0.29, 0.717) is 6.54 Å². The van der Waals surface area contributed by atoms with Crippen molar-refractivity contribution in [1.82, 2.24) is 4.90 Å². The summed E-state index contributed by atoms with van der Waals surface area (Å²) in [5.41, 5.74) is 1.09. The van der Waals surface area contributed by atoms with Crippen LogP contribution in [0.2, 0.25) is 0 Å². The molecule has 2 aromatic carbocycles. The van der Waals surface area contributed by atoms with Gasteiger partial charge in [-0.1, -0.05) is 64.5 Å². The van der Waals surface area contributed by atoms with Crippen LogP contribution in [0.4, 0.5) is 0 Å². The number of benzene rings is 2. The van der Waals surface area contributed by atoms with Crippen LogP contribution in [0.25, 0.3) is 0 Å². The van der Waals surface area contributed by atoms with E-state index in [4.69, 9.17) is 4.74 Å². The molecular formula is C19H18BrNO2. The molecule has 0 bridgehead atoms. The van der Waals surface area contributed by atoms with E-state index in [-0.39, 0.29) is 11.9 Å². The fourth-order valence-corrected chi connectivity index (χ4v) is 3.11. The van der Waals surface area contributed by atoms with Crippen molar-refractivity contribution in [3.8, 4) is 5.75 Å². The largest absolute Gasteiger partial charge is 0.478 e. The Bertz CT molecular complexity index is 714. The summed E-state index contributed by atoms with van der Waals surface area (Å²) < 4.78 is 6.89. The van der Waals surface area contributed by atoms with Gasteiger partial charge in [0.25, 0.3) is 5.91 Å². The highest BCUT2D eigenvalue weighted by Crippen LogP contribution is 2.30. The number of hydrogen-bond donors (Lipinski definition) is 0. The standard InChI is InChI=1S/C19H18BrNO2/c1-2-8-17-18(23-15-10-4-3-5-11-15)19(22)21(17)13-14-9-6-7-12-16(14)20/h2-12,17-18H,13H2,1H3/b8-2+/t17-,18+/m0/s1. The lowest BCUT2D eigenvalue weighted by Gasteiger charge is -2.45. The number of para-hydroxylation sites is 1. The minimum Gasteiger partial charge on any atom is -0.478 e. The highest BCUT2D eigenvalue weighted by atomic mass is 79.9. The van der Waals surface area contributed by atoms with Crippen molar-refractivity contribution in [3.63, 3.8) is 0 Å². The molecule has 1 aliphatic rings. The molecule has 0 spiro atoms. The van der Waals surface area contributed by atoms with Gasteiger partial charge in [-0.05, 0) is 30.7 Å². The lowest BCUT2D eigenvalue weighted by Crippen LogP contribution is -2.65. The quantitative estimate of drug-likeness (QED) is 0.582. The van der Waals surface area contributed by atoms with Crippen molar-refractivity contribution in [2.24, 2.45) is 0 Å². The summed E-state index contributed by atoms with van der Waals surface area (Å²) in [7, 11) is 0. The van der Waals surface area contributed by atoms with Crippen molar-refractivity contribution in [1.29, 1.82) is 0 Å². The first-order valence-electron chi connectivity index (χ1n) is 7.59. The number of amides is 1. The number of likely N-dealkylation sites (tertiary alicyclic amines) is 1. The summed E-state index contributed by atoms with van der Waals surface area (Å²) in [6.45, 7) is 2.53. The van der Waals surface area contributed by atoms with E-state index < -0.39 is 6.10 Å². The van der Waals surface area contributed by atoms with E-state index >= 15 is 0 Å². The van der Waals surface area contributed by atoms with Crippen molar-refractivity contribution in [2.75, 3.05) is 0 Å². The molecular weight excluding hydrogens is 354 g/mol. The number of halogens is 1. The molecule has 0 saturated carbocycles. The summed E-state index contributed by atoms with van der Waals surface area (Å²) in [4.78, 5) is 14.4. The summed E-state index contributed by atoms with van der Waals surface area (Å²) in [5.74, 6) is 0.744. The van der Waals surface area contributed by atoms with Gasteiger partial charge in [0.15, 0.2) is 0 Å². The first kappa shape index (κ1) is 15.8. The van der Waals surface area contributed by atoms with E-state index in [1.807, 2.05) is 78.6 Å². The van der Waals surface area contributed by atoms with Crippen molar-refractivity contribution >= 4 is 21.8 Å². The highest BCUT2D eigenvalue weighted by Gasteiger charge is 2.47. The smallest absolute Gasteiger partial charge is 0.267 e. The van der Waals surface area contributed by atoms with Gasteiger partial charge in [0.05, 0.1) is 6.04 Å². The van der Waals surface area contributed by atoms with E-state index in [1.165, 1.54) is 0 Å². The van der Waals surface area contributed by atoms with Crippen molar-refractivity contribution in [2.45, 2.75) is 25.6 Å². The van der Waals surface area contributed by atoms with Gasteiger partial charge in [0.2, 0.25) is 6.10 Å². The second-order valence-corrected chi connectivity index (χ2v) is 6.28. The molecule has 0 radical (unpaired) electrons. The third-order valence-electron chi connectivity index (χ3n) is 3.89. The third kappa shape index (κ3) is 3.32. The third-order valence-corrected chi connectivity index (χ3v) is 4.66. The molecule has 1 saturated heterocycles. The summed E-state index contributed by atoms with van der Waals surface area (Å²) in [6.07, 6.45) is 3.54. The fraction of sp³-hybridized carbons (Fsp3) is 0.211. The SMILES string of the molecule is C/C=C/[C@H]1[C@@H](Oc2ccccc2)C(=O)N1Cc1ccccc1Br. The van der Waals surface area contributed by atoms with Gasteiger partial charge >= 0.3 is 0 Å². The van der Waals surface area contributed by atoms with Crippen LogP contribution in [0, 0.1) is 0 Å². The molecule has 118 valence electrons. The minimum atomic E-state index is -0.448. The molecule has 0 N–H and O–H groups in total. The Morgan fingerprint density at radius 2 is 1.83 bits per heavy atom. The molecule has 2 aromatic rings. The Kier molecular flexibility index (Phi) is 4.82. The van der Waals surface area contributed by atoms with Crippen LogP contribution in [0.15, 0.2) is 71.2 Å². The molecule has 2 atom stereocenters. The fourth-order valence-electron chi connectivity index (χ4n) is 2.70. The maximum Gasteiger partial charge on any atom is 0.267 e. The molecule has 3 nitrogen and oxygen atoms in total. The summed E-state index contributed by atoms with van der Waals surface area (Å²) in [5, 5.41) is 0. The molecule has 0 aromatic heterocycles. The van der Waals surface area contributed by atoms with Crippen LogP contribution in [0.3, 0.4) is 0 Å².